The third kappa shape index (κ3) is 4.35. The fourth-order valence-corrected chi connectivity index (χ4v) is 8.33. The minimum Gasteiger partial charge on any atom is -0.327 e. The molecule has 1 aromatic carbocycles. The zero-order valence-electron chi connectivity index (χ0n) is 18.6. The number of rotatable bonds is 4. The largest absolute Gasteiger partial charge is 0.327 e. The standard InChI is InChI=1S/C24H32ClN3OS.ClH/c1-15(2)27-22(28(16(3)29)21-6-4-20(25)5-7-21)14-30-23(27)26-24-11-17-8-18(12-24)10-19(9-17)13-24;/h4-7,15,17-19,22H,8-14H2,1-3H3;1H. The molecule has 1 heterocycles. The Labute approximate surface area is 201 Å². The SMILES string of the molecule is CC(=O)N(c1ccc(Cl)cc1)C1CSC(=NC23CC4CC(CC(C4)C2)C3)N1C(C)C.Cl. The number of thioether (sulfide) groups is 1. The Hall–Kier alpha value is -0.910. The first-order valence-electron chi connectivity index (χ1n) is 11.4. The van der Waals surface area contributed by atoms with Gasteiger partial charge in [-0.15, -0.1) is 12.4 Å². The van der Waals surface area contributed by atoms with Gasteiger partial charge in [0, 0.05) is 29.4 Å². The first-order chi connectivity index (χ1) is 14.3. The molecule has 0 N–H and O–H groups in total. The smallest absolute Gasteiger partial charge is 0.225 e. The second kappa shape index (κ2) is 8.79. The first kappa shape index (κ1) is 23.3. The summed E-state index contributed by atoms with van der Waals surface area (Å²) < 4.78 is 0. The normalized spacial score (nSPS) is 35.0. The van der Waals surface area contributed by atoms with Crippen LogP contribution in [0.15, 0.2) is 29.3 Å². The Morgan fingerprint density at radius 2 is 1.68 bits per heavy atom. The lowest BCUT2D eigenvalue weighted by Crippen LogP contribution is -2.54. The molecule has 170 valence electrons. The van der Waals surface area contributed by atoms with Gasteiger partial charge in [0.2, 0.25) is 5.91 Å². The lowest BCUT2D eigenvalue weighted by molar-refractivity contribution is -0.117. The summed E-state index contributed by atoms with van der Waals surface area (Å²) in [5.41, 5.74) is 1.06. The van der Waals surface area contributed by atoms with Gasteiger partial charge in [0.05, 0.1) is 5.54 Å². The van der Waals surface area contributed by atoms with Crippen molar-refractivity contribution >= 4 is 52.5 Å². The van der Waals surface area contributed by atoms with E-state index < -0.39 is 0 Å². The molecule has 0 aromatic heterocycles. The van der Waals surface area contributed by atoms with Crippen molar-refractivity contribution in [2.75, 3.05) is 10.7 Å². The fraction of sp³-hybridized carbons (Fsp3) is 0.667. The molecule has 1 amide bonds. The minimum atomic E-state index is -0.0126. The van der Waals surface area contributed by atoms with Gasteiger partial charge in [-0.3, -0.25) is 14.7 Å². The number of halogens is 2. The van der Waals surface area contributed by atoms with Crippen LogP contribution < -0.4 is 4.90 Å². The Kier molecular flexibility index (Phi) is 6.60. The van der Waals surface area contributed by atoms with E-state index in [9.17, 15) is 4.79 Å². The second-order valence-electron chi connectivity index (χ2n) is 10.2. The lowest BCUT2D eigenvalue weighted by Gasteiger charge is -2.55. The number of aliphatic imine (C=N–C) groups is 1. The van der Waals surface area contributed by atoms with E-state index in [0.29, 0.717) is 5.02 Å². The summed E-state index contributed by atoms with van der Waals surface area (Å²) in [4.78, 5) is 22.5. The van der Waals surface area contributed by atoms with E-state index >= 15 is 0 Å². The molecule has 0 spiro atoms. The zero-order valence-corrected chi connectivity index (χ0v) is 21.0. The average Bonchev–Trinajstić information content (AvgIpc) is 3.04. The number of nitrogens with zero attached hydrogens (tertiary/aromatic N) is 3. The molecule has 6 rings (SSSR count). The molecule has 1 unspecified atom stereocenters. The van der Waals surface area contributed by atoms with Gasteiger partial charge in [0.25, 0.3) is 0 Å². The molecule has 1 aromatic rings. The maximum atomic E-state index is 12.7. The van der Waals surface area contributed by atoms with Crippen LogP contribution in [-0.2, 0) is 4.79 Å². The molecule has 4 saturated carbocycles. The van der Waals surface area contributed by atoms with Crippen LogP contribution in [-0.4, -0.2) is 39.5 Å². The molecule has 4 nitrogen and oxygen atoms in total. The van der Waals surface area contributed by atoms with Crippen molar-refractivity contribution < 1.29 is 4.79 Å². The highest BCUT2D eigenvalue weighted by Gasteiger charge is 2.52. The highest BCUT2D eigenvalue weighted by atomic mass is 35.5. The van der Waals surface area contributed by atoms with Crippen molar-refractivity contribution in [1.82, 2.24) is 4.90 Å². The molecule has 5 aliphatic rings. The van der Waals surface area contributed by atoms with Gasteiger partial charge in [-0.2, -0.15) is 0 Å². The van der Waals surface area contributed by atoms with Crippen molar-refractivity contribution in [2.45, 2.75) is 77.0 Å². The number of anilines is 1. The van der Waals surface area contributed by atoms with E-state index in [1.807, 2.05) is 40.9 Å². The van der Waals surface area contributed by atoms with Gasteiger partial charge in [0.1, 0.15) is 6.17 Å². The van der Waals surface area contributed by atoms with Gasteiger partial charge < -0.3 is 4.90 Å². The molecule has 4 aliphatic carbocycles. The van der Waals surface area contributed by atoms with Crippen molar-refractivity contribution in [3.8, 4) is 0 Å². The highest BCUT2D eigenvalue weighted by molar-refractivity contribution is 8.14. The van der Waals surface area contributed by atoms with E-state index in [2.05, 4.69) is 18.7 Å². The van der Waals surface area contributed by atoms with Crippen molar-refractivity contribution in [1.29, 1.82) is 0 Å². The molecule has 31 heavy (non-hydrogen) atoms. The third-order valence-corrected chi connectivity index (χ3v) is 8.82. The minimum absolute atomic E-state index is 0. The Morgan fingerprint density at radius 1 is 1.13 bits per heavy atom. The lowest BCUT2D eigenvalue weighted by atomic mass is 9.53. The van der Waals surface area contributed by atoms with Crippen LogP contribution in [0.4, 0.5) is 5.69 Å². The van der Waals surface area contributed by atoms with Crippen LogP contribution in [0.2, 0.25) is 5.02 Å². The summed E-state index contributed by atoms with van der Waals surface area (Å²) in [5, 5.41) is 1.84. The van der Waals surface area contributed by atoms with Crippen molar-refractivity contribution in [2.24, 2.45) is 22.7 Å². The Morgan fingerprint density at radius 3 is 2.16 bits per heavy atom. The van der Waals surface area contributed by atoms with Gasteiger partial charge in [-0.25, -0.2) is 0 Å². The van der Waals surface area contributed by atoms with Crippen LogP contribution in [0.1, 0.15) is 59.3 Å². The molecule has 0 radical (unpaired) electrons. The van der Waals surface area contributed by atoms with Gasteiger partial charge in [0.15, 0.2) is 5.17 Å². The molecular formula is C24H33Cl2N3OS. The number of hydrogen-bond acceptors (Lipinski definition) is 3. The molecule has 1 saturated heterocycles. The Bertz CT molecular complexity index is 822. The third-order valence-electron chi connectivity index (χ3n) is 7.54. The topological polar surface area (TPSA) is 35.9 Å². The summed E-state index contributed by atoms with van der Waals surface area (Å²) in [6.45, 7) is 6.09. The van der Waals surface area contributed by atoms with E-state index in [1.54, 1.807) is 6.92 Å². The zero-order chi connectivity index (χ0) is 21.0. The van der Waals surface area contributed by atoms with Crippen molar-refractivity contribution in [3.05, 3.63) is 29.3 Å². The molecular weight excluding hydrogens is 449 g/mol. The van der Waals surface area contributed by atoms with Crippen LogP contribution in [0.3, 0.4) is 0 Å². The second-order valence-corrected chi connectivity index (χ2v) is 11.6. The predicted molar refractivity (Wildman–Crippen MR) is 133 cm³/mol. The quantitative estimate of drug-likeness (QED) is 0.511. The van der Waals surface area contributed by atoms with Crippen molar-refractivity contribution in [3.63, 3.8) is 0 Å². The number of carbonyl (C=O) groups is 1. The fourth-order valence-electron chi connectivity index (χ4n) is 6.86. The first-order valence-corrected chi connectivity index (χ1v) is 12.8. The summed E-state index contributed by atoms with van der Waals surface area (Å²) in [6.07, 6.45) is 8.10. The van der Waals surface area contributed by atoms with E-state index in [1.165, 1.54) is 38.5 Å². The molecule has 1 aliphatic heterocycles. The Balaban J connectivity index is 0.00000231. The van der Waals surface area contributed by atoms with Gasteiger partial charge in [-0.1, -0.05) is 23.4 Å². The number of benzene rings is 1. The molecule has 1 atom stereocenters. The van der Waals surface area contributed by atoms with Gasteiger partial charge in [-0.05, 0) is 94.4 Å². The van der Waals surface area contributed by atoms with E-state index in [-0.39, 0.29) is 36.1 Å². The predicted octanol–water partition coefficient (Wildman–Crippen LogP) is 6.22. The summed E-state index contributed by atoms with van der Waals surface area (Å²) in [5.74, 6) is 3.57. The highest BCUT2D eigenvalue weighted by Crippen LogP contribution is 2.57. The molecule has 7 heteroatoms. The van der Waals surface area contributed by atoms with Crippen LogP contribution in [0, 0.1) is 17.8 Å². The summed E-state index contributed by atoms with van der Waals surface area (Å²) in [6, 6.07) is 7.90. The number of amidine groups is 1. The van der Waals surface area contributed by atoms with Crippen LogP contribution in [0.25, 0.3) is 0 Å². The summed E-state index contributed by atoms with van der Waals surface area (Å²) in [7, 11) is 0. The number of amides is 1. The summed E-state index contributed by atoms with van der Waals surface area (Å²) >= 11 is 7.93. The van der Waals surface area contributed by atoms with Crippen LogP contribution >= 0.6 is 35.8 Å². The molecule has 5 fully saturated rings. The van der Waals surface area contributed by atoms with E-state index in [0.717, 1.165) is 34.4 Å². The van der Waals surface area contributed by atoms with E-state index in [4.69, 9.17) is 16.6 Å². The molecule has 4 bridgehead atoms. The van der Waals surface area contributed by atoms with Crippen LogP contribution in [0.5, 0.6) is 0 Å². The van der Waals surface area contributed by atoms with Gasteiger partial charge >= 0.3 is 0 Å². The monoisotopic (exact) mass is 481 g/mol. The number of carbonyl (C=O) groups excluding carboxylic acids is 1. The maximum Gasteiger partial charge on any atom is 0.225 e. The number of hydrogen-bond donors (Lipinski definition) is 0. The maximum absolute atomic E-state index is 12.7. The average molecular weight is 483 g/mol.